The van der Waals surface area contributed by atoms with Gasteiger partial charge in [-0.1, -0.05) is 45.4 Å². The van der Waals surface area contributed by atoms with Crippen LogP contribution >= 0.6 is 0 Å². The molecule has 1 heterocycles. The van der Waals surface area contributed by atoms with Crippen LogP contribution in [-0.4, -0.2) is 19.2 Å². The Labute approximate surface area is 117 Å². The summed E-state index contributed by atoms with van der Waals surface area (Å²) in [4.78, 5) is 0. The molecule has 0 aromatic heterocycles. The van der Waals surface area contributed by atoms with Gasteiger partial charge in [-0.25, -0.2) is 0 Å². The Morgan fingerprint density at radius 2 is 2.11 bits per heavy atom. The summed E-state index contributed by atoms with van der Waals surface area (Å²) in [6.07, 6.45) is 3.67. The minimum absolute atomic E-state index is 0.511. The van der Waals surface area contributed by atoms with E-state index in [1.807, 2.05) is 0 Å². The molecular formula is C17H27NO. The molecule has 1 aromatic carbocycles. The molecule has 0 bridgehead atoms. The highest BCUT2D eigenvalue weighted by atomic mass is 16.5. The second kappa shape index (κ2) is 6.95. The average Bonchev–Trinajstić information content (AvgIpc) is 2.87. The van der Waals surface area contributed by atoms with Crippen LogP contribution in [0.5, 0.6) is 5.75 Å². The summed E-state index contributed by atoms with van der Waals surface area (Å²) >= 11 is 0. The molecule has 19 heavy (non-hydrogen) atoms. The van der Waals surface area contributed by atoms with Crippen LogP contribution in [0.3, 0.4) is 0 Å². The van der Waals surface area contributed by atoms with Crippen molar-refractivity contribution in [3.63, 3.8) is 0 Å². The van der Waals surface area contributed by atoms with E-state index in [1.54, 1.807) is 0 Å². The first-order chi connectivity index (χ1) is 9.26. The fourth-order valence-electron chi connectivity index (χ4n) is 2.84. The number of para-hydroxylation sites is 1. The third-order valence-electron chi connectivity index (χ3n) is 4.23. The lowest BCUT2D eigenvalue weighted by Gasteiger charge is -2.26. The predicted octanol–water partition coefficient (Wildman–Crippen LogP) is 3.97. The van der Waals surface area contributed by atoms with Crippen molar-refractivity contribution in [2.45, 2.75) is 52.0 Å². The maximum atomic E-state index is 5.85. The largest absolute Gasteiger partial charge is 0.493 e. The molecule has 0 saturated carbocycles. The monoisotopic (exact) mass is 261 g/mol. The zero-order chi connectivity index (χ0) is 13.7. The fraction of sp³-hybridized carbons (Fsp3) is 0.647. The number of nitrogens with one attached hydrogen (secondary N) is 1. The summed E-state index contributed by atoms with van der Waals surface area (Å²) in [5.41, 5.74) is 1.39. The van der Waals surface area contributed by atoms with E-state index in [-0.39, 0.29) is 0 Å². The third-order valence-corrected chi connectivity index (χ3v) is 4.23. The molecule has 0 amide bonds. The van der Waals surface area contributed by atoms with Crippen LogP contribution in [0.4, 0.5) is 0 Å². The number of hydrogen-bond donors (Lipinski definition) is 1. The van der Waals surface area contributed by atoms with Gasteiger partial charge in [-0.2, -0.15) is 0 Å². The van der Waals surface area contributed by atoms with E-state index in [0.29, 0.717) is 12.0 Å². The summed E-state index contributed by atoms with van der Waals surface area (Å²) in [7, 11) is 0. The van der Waals surface area contributed by atoms with Gasteiger partial charge in [0.25, 0.3) is 0 Å². The molecule has 0 spiro atoms. The second-order valence-corrected chi connectivity index (χ2v) is 5.77. The minimum Gasteiger partial charge on any atom is -0.493 e. The van der Waals surface area contributed by atoms with E-state index in [0.717, 1.165) is 24.8 Å². The molecule has 0 saturated heterocycles. The molecule has 0 fully saturated rings. The van der Waals surface area contributed by atoms with E-state index >= 15 is 0 Å². The minimum atomic E-state index is 0.511. The molecule has 2 heteroatoms. The quantitative estimate of drug-likeness (QED) is 0.802. The maximum Gasteiger partial charge on any atom is 0.122 e. The Morgan fingerprint density at radius 1 is 1.32 bits per heavy atom. The van der Waals surface area contributed by atoms with Crippen LogP contribution in [0.1, 0.15) is 51.5 Å². The molecule has 3 atom stereocenters. The predicted molar refractivity (Wildman–Crippen MR) is 80.8 cm³/mol. The van der Waals surface area contributed by atoms with Gasteiger partial charge in [-0.05, 0) is 31.4 Å². The molecule has 2 nitrogen and oxygen atoms in total. The van der Waals surface area contributed by atoms with Gasteiger partial charge in [0.1, 0.15) is 5.75 Å². The molecule has 1 aromatic rings. The summed E-state index contributed by atoms with van der Waals surface area (Å²) in [6, 6.07) is 9.04. The lowest BCUT2D eigenvalue weighted by molar-refractivity contribution is 0.275. The Morgan fingerprint density at radius 3 is 2.84 bits per heavy atom. The van der Waals surface area contributed by atoms with Crippen molar-refractivity contribution in [2.24, 2.45) is 5.92 Å². The van der Waals surface area contributed by atoms with Gasteiger partial charge in [0.05, 0.1) is 6.61 Å². The van der Waals surface area contributed by atoms with Crippen molar-refractivity contribution in [1.82, 2.24) is 5.32 Å². The van der Waals surface area contributed by atoms with Crippen LogP contribution in [0.15, 0.2) is 24.3 Å². The second-order valence-electron chi connectivity index (χ2n) is 5.77. The number of rotatable bonds is 7. The number of fused-ring (bicyclic) bond motifs is 1. The standard InChI is InChI=1S/C17H27NO/c1-4-10-18-16(11-13(3)5-2)15-12-19-17-9-7-6-8-14(15)17/h6-9,13,15-16,18H,4-5,10-12H2,1-3H3. The maximum absolute atomic E-state index is 5.85. The van der Waals surface area contributed by atoms with Crippen molar-refractivity contribution in [1.29, 1.82) is 0 Å². The Bertz CT molecular complexity index is 391. The first-order valence-corrected chi connectivity index (χ1v) is 7.71. The molecule has 1 aliphatic rings. The van der Waals surface area contributed by atoms with Crippen LogP contribution in [-0.2, 0) is 0 Å². The smallest absolute Gasteiger partial charge is 0.122 e. The molecule has 1 aliphatic heterocycles. The SMILES string of the molecule is CCCNC(CC(C)CC)C1COc2ccccc21. The zero-order valence-corrected chi connectivity index (χ0v) is 12.5. The Kier molecular flexibility index (Phi) is 5.26. The van der Waals surface area contributed by atoms with Gasteiger partial charge < -0.3 is 10.1 Å². The zero-order valence-electron chi connectivity index (χ0n) is 12.5. The molecule has 106 valence electrons. The van der Waals surface area contributed by atoms with Crippen molar-refractivity contribution in [2.75, 3.05) is 13.2 Å². The van der Waals surface area contributed by atoms with Crippen LogP contribution < -0.4 is 10.1 Å². The summed E-state index contributed by atoms with van der Waals surface area (Å²) in [5.74, 6) is 2.36. The van der Waals surface area contributed by atoms with E-state index in [2.05, 4.69) is 50.4 Å². The van der Waals surface area contributed by atoms with E-state index in [1.165, 1.54) is 24.8 Å². The van der Waals surface area contributed by atoms with Crippen LogP contribution in [0.25, 0.3) is 0 Å². The Hall–Kier alpha value is -1.02. The van der Waals surface area contributed by atoms with E-state index < -0.39 is 0 Å². The highest BCUT2D eigenvalue weighted by Gasteiger charge is 2.31. The molecule has 2 rings (SSSR count). The van der Waals surface area contributed by atoms with Gasteiger partial charge in [-0.3, -0.25) is 0 Å². The summed E-state index contributed by atoms with van der Waals surface area (Å²) in [6.45, 7) is 8.78. The van der Waals surface area contributed by atoms with Gasteiger partial charge in [0, 0.05) is 17.5 Å². The fourth-order valence-corrected chi connectivity index (χ4v) is 2.84. The van der Waals surface area contributed by atoms with Crippen LogP contribution in [0, 0.1) is 5.92 Å². The van der Waals surface area contributed by atoms with E-state index in [4.69, 9.17) is 4.74 Å². The number of ether oxygens (including phenoxy) is 1. The molecule has 3 unspecified atom stereocenters. The topological polar surface area (TPSA) is 21.3 Å². The van der Waals surface area contributed by atoms with Crippen molar-refractivity contribution < 1.29 is 4.74 Å². The number of benzene rings is 1. The van der Waals surface area contributed by atoms with Gasteiger partial charge in [-0.15, -0.1) is 0 Å². The van der Waals surface area contributed by atoms with Gasteiger partial charge >= 0.3 is 0 Å². The van der Waals surface area contributed by atoms with E-state index in [9.17, 15) is 0 Å². The third kappa shape index (κ3) is 3.50. The van der Waals surface area contributed by atoms with Gasteiger partial charge in [0.15, 0.2) is 0 Å². The lowest BCUT2D eigenvalue weighted by atomic mass is 9.86. The van der Waals surface area contributed by atoms with Crippen molar-refractivity contribution in [3.05, 3.63) is 29.8 Å². The molecule has 0 aliphatic carbocycles. The first-order valence-electron chi connectivity index (χ1n) is 7.71. The van der Waals surface area contributed by atoms with Crippen LogP contribution in [0.2, 0.25) is 0 Å². The highest BCUT2D eigenvalue weighted by Crippen LogP contribution is 2.37. The summed E-state index contributed by atoms with van der Waals surface area (Å²) in [5, 5.41) is 3.74. The molecule has 0 radical (unpaired) electrons. The average molecular weight is 261 g/mol. The Balaban J connectivity index is 2.10. The first kappa shape index (κ1) is 14.4. The lowest BCUT2D eigenvalue weighted by Crippen LogP contribution is -2.37. The van der Waals surface area contributed by atoms with Crippen molar-refractivity contribution >= 4 is 0 Å². The highest BCUT2D eigenvalue weighted by molar-refractivity contribution is 5.40. The molecule has 1 N–H and O–H groups in total. The van der Waals surface area contributed by atoms with Crippen molar-refractivity contribution in [3.8, 4) is 5.75 Å². The molecular weight excluding hydrogens is 234 g/mol. The number of hydrogen-bond acceptors (Lipinski definition) is 2. The summed E-state index contributed by atoms with van der Waals surface area (Å²) < 4.78 is 5.85. The van der Waals surface area contributed by atoms with Gasteiger partial charge in [0.2, 0.25) is 0 Å². The normalized spacial score (nSPS) is 20.7.